The van der Waals surface area contributed by atoms with Crippen LogP contribution in [0.4, 0.5) is 0 Å². The van der Waals surface area contributed by atoms with E-state index in [9.17, 15) is 29.4 Å². The molecular weight excluding hydrogens is 290 g/mol. The lowest BCUT2D eigenvalue weighted by molar-refractivity contribution is -0.308. The second-order valence-electron chi connectivity index (χ2n) is 3.86. The predicted octanol–water partition coefficient (Wildman–Crippen LogP) is -4.88. The molecule has 0 bridgehead atoms. The molecule has 0 heterocycles. The van der Waals surface area contributed by atoms with Crippen molar-refractivity contribution in [2.75, 3.05) is 12.3 Å². The van der Waals surface area contributed by atoms with Crippen LogP contribution >= 0.6 is 12.6 Å². The van der Waals surface area contributed by atoms with Crippen molar-refractivity contribution in [3.8, 4) is 0 Å². The molecule has 20 heavy (non-hydrogen) atoms. The molecule has 0 radical (unpaired) electrons. The minimum absolute atomic E-state index is 0.0584. The molecule has 2 atom stereocenters. The lowest BCUT2D eigenvalue weighted by Gasteiger charge is -2.17. The third kappa shape index (κ3) is 7.59. The van der Waals surface area contributed by atoms with Crippen molar-refractivity contribution in [1.29, 1.82) is 0 Å². The Hall–Kier alpha value is -1.81. The molecule has 0 aromatic carbocycles. The number of carbonyl (C=O) groups excluding carboxylic acids is 4. The van der Waals surface area contributed by atoms with Crippen LogP contribution in [0.15, 0.2) is 0 Å². The van der Waals surface area contributed by atoms with Crippen LogP contribution in [0.25, 0.3) is 0 Å². The SMILES string of the molecule is N[C@@H](CCC(=O)N[C@@H](CS)C(=O)NCC(=O)[O-])C(=O)[O-]. The standard InChI is InChI=1S/C10H17N3O6S/c11-5(10(18)19)1-2-7(14)13-6(4-20)9(17)12-3-8(15)16/h5-6,20H,1-4,11H2,(H,12,17)(H,13,14)(H,15,16)(H,18,19)/p-2/t5-,6-/m0/s1. The van der Waals surface area contributed by atoms with Crippen molar-refractivity contribution in [2.45, 2.75) is 24.9 Å². The molecular formula is C10H15N3O6S-2. The van der Waals surface area contributed by atoms with Crippen molar-refractivity contribution in [3.05, 3.63) is 0 Å². The largest absolute Gasteiger partial charge is 0.548 e. The molecule has 0 aliphatic heterocycles. The van der Waals surface area contributed by atoms with E-state index in [2.05, 4.69) is 17.9 Å². The summed E-state index contributed by atoms with van der Waals surface area (Å²) in [4.78, 5) is 43.4. The smallest absolute Gasteiger partial charge is 0.243 e. The highest BCUT2D eigenvalue weighted by Gasteiger charge is 2.19. The first-order valence-corrected chi connectivity index (χ1v) is 6.25. The first-order valence-electron chi connectivity index (χ1n) is 5.62. The topological polar surface area (TPSA) is 164 Å². The number of carboxylic acids is 2. The van der Waals surface area contributed by atoms with Crippen LogP contribution in [0.2, 0.25) is 0 Å². The van der Waals surface area contributed by atoms with E-state index in [1.807, 2.05) is 5.32 Å². The summed E-state index contributed by atoms with van der Waals surface area (Å²) in [5.74, 6) is -4.35. The van der Waals surface area contributed by atoms with Crippen LogP contribution < -0.4 is 26.6 Å². The molecule has 0 spiro atoms. The summed E-state index contributed by atoms with van der Waals surface area (Å²) < 4.78 is 0. The molecule has 0 saturated carbocycles. The van der Waals surface area contributed by atoms with E-state index in [0.29, 0.717) is 0 Å². The summed E-state index contributed by atoms with van der Waals surface area (Å²) in [6, 6.07) is -2.31. The highest BCUT2D eigenvalue weighted by molar-refractivity contribution is 7.80. The second kappa shape index (κ2) is 9.15. The van der Waals surface area contributed by atoms with Crippen LogP contribution in [0.1, 0.15) is 12.8 Å². The molecule has 0 rings (SSSR count). The number of hydrogen-bond acceptors (Lipinski definition) is 8. The van der Waals surface area contributed by atoms with E-state index in [0.717, 1.165) is 0 Å². The van der Waals surface area contributed by atoms with Gasteiger partial charge >= 0.3 is 0 Å². The summed E-state index contributed by atoms with van der Waals surface area (Å²) in [5, 5.41) is 24.8. The maximum Gasteiger partial charge on any atom is 0.243 e. The van der Waals surface area contributed by atoms with Gasteiger partial charge in [-0.3, -0.25) is 9.59 Å². The highest BCUT2D eigenvalue weighted by atomic mass is 32.1. The average molecular weight is 305 g/mol. The maximum atomic E-state index is 11.5. The highest BCUT2D eigenvalue weighted by Crippen LogP contribution is 1.96. The molecule has 0 unspecified atom stereocenters. The summed E-state index contributed by atoms with van der Waals surface area (Å²) in [5.41, 5.74) is 5.16. The average Bonchev–Trinajstić information content (AvgIpc) is 2.38. The minimum Gasteiger partial charge on any atom is -0.548 e. The van der Waals surface area contributed by atoms with Crippen LogP contribution in [0, 0.1) is 0 Å². The Balaban J connectivity index is 4.21. The van der Waals surface area contributed by atoms with Crippen molar-refractivity contribution in [2.24, 2.45) is 5.73 Å². The van der Waals surface area contributed by atoms with E-state index in [-0.39, 0.29) is 18.6 Å². The Morgan fingerprint density at radius 2 is 1.80 bits per heavy atom. The monoisotopic (exact) mass is 305 g/mol. The quantitative estimate of drug-likeness (QED) is 0.310. The number of aliphatic carboxylic acids is 2. The molecule has 2 amide bonds. The zero-order valence-corrected chi connectivity index (χ0v) is 11.4. The fourth-order valence-electron chi connectivity index (χ4n) is 1.15. The molecule has 0 aliphatic carbocycles. The second-order valence-corrected chi connectivity index (χ2v) is 4.22. The van der Waals surface area contributed by atoms with Gasteiger partial charge in [-0.1, -0.05) is 0 Å². The number of nitrogens with one attached hydrogen (secondary N) is 2. The molecule has 0 saturated heterocycles. The molecule has 9 nitrogen and oxygen atoms in total. The third-order valence-corrected chi connectivity index (χ3v) is 2.59. The fraction of sp³-hybridized carbons (Fsp3) is 0.600. The Labute approximate surface area is 120 Å². The minimum atomic E-state index is -1.48. The number of nitrogens with two attached hydrogens (primary N) is 1. The van der Waals surface area contributed by atoms with Gasteiger partial charge < -0.3 is 36.2 Å². The van der Waals surface area contributed by atoms with E-state index in [1.165, 1.54) is 0 Å². The maximum absolute atomic E-state index is 11.5. The van der Waals surface area contributed by atoms with Gasteiger partial charge in [0, 0.05) is 18.2 Å². The van der Waals surface area contributed by atoms with Gasteiger partial charge in [0.25, 0.3) is 0 Å². The zero-order valence-electron chi connectivity index (χ0n) is 10.5. The number of carboxylic acid groups (broad SMARTS) is 2. The van der Waals surface area contributed by atoms with E-state index in [1.54, 1.807) is 0 Å². The Morgan fingerprint density at radius 1 is 1.20 bits per heavy atom. The number of carbonyl (C=O) groups is 4. The van der Waals surface area contributed by atoms with E-state index >= 15 is 0 Å². The lowest BCUT2D eigenvalue weighted by Crippen LogP contribution is -2.50. The van der Waals surface area contributed by atoms with Gasteiger partial charge in [-0.05, 0) is 6.42 Å². The molecule has 114 valence electrons. The van der Waals surface area contributed by atoms with Gasteiger partial charge in [-0.25, -0.2) is 0 Å². The van der Waals surface area contributed by atoms with Gasteiger partial charge in [0.2, 0.25) is 11.8 Å². The molecule has 0 fully saturated rings. The summed E-state index contributed by atoms with van der Waals surface area (Å²) in [6.07, 6.45) is -0.360. The molecule has 0 aliphatic rings. The van der Waals surface area contributed by atoms with Crippen molar-refractivity contribution < 1.29 is 29.4 Å². The number of amides is 2. The molecule has 0 aromatic rings. The van der Waals surface area contributed by atoms with Crippen molar-refractivity contribution >= 4 is 36.4 Å². The molecule has 10 heteroatoms. The van der Waals surface area contributed by atoms with Gasteiger partial charge in [0.05, 0.1) is 18.5 Å². The third-order valence-electron chi connectivity index (χ3n) is 2.23. The predicted molar refractivity (Wildman–Crippen MR) is 66.0 cm³/mol. The van der Waals surface area contributed by atoms with Crippen molar-refractivity contribution in [1.82, 2.24) is 10.6 Å². The Kier molecular flexibility index (Phi) is 8.32. The lowest BCUT2D eigenvalue weighted by atomic mass is 10.1. The van der Waals surface area contributed by atoms with Gasteiger partial charge in [-0.2, -0.15) is 12.6 Å². The summed E-state index contributed by atoms with van der Waals surface area (Å²) >= 11 is 3.85. The number of rotatable bonds is 9. The van der Waals surface area contributed by atoms with Crippen LogP contribution in [-0.2, 0) is 19.2 Å². The first kappa shape index (κ1) is 18.2. The van der Waals surface area contributed by atoms with Crippen LogP contribution in [0.5, 0.6) is 0 Å². The summed E-state index contributed by atoms with van der Waals surface area (Å²) in [6.45, 7) is -0.686. The normalized spacial score (nSPS) is 13.1. The number of hydrogen-bond donors (Lipinski definition) is 4. The summed E-state index contributed by atoms with van der Waals surface area (Å²) in [7, 11) is 0. The molecule has 0 aromatic heterocycles. The fourth-order valence-corrected chi connectivity index (χ4v) is 1.40. The van der Waals surface area contributed by atoms with Crippen LogP contribution in [0.3, 0.4) is 0 Å². The first-order chi connectivity index (χ1) is 9.27. The van der Waals surface area contributed by atoms with Crippen molar-refractivity contribution in [3.63, 3.8) is 0 Å². The van der Waals surface area contributed by atoms with Gasteiger partial charge in [0.1, 0.15) is 6.04 Å². The molecule has 4 N–H and O–H groups in total. The van der Waals surface area contributed by atoms with E-state index < -0.39 is 42.4 Å². The Morgan fingerprint density at radius 3 is 2.25 bits per heavy atom. The van der Waals surface area contributed by atoms with Crippen LogP contribution in [-0.4, -0.2) is 48.1 Å². The van der Waals surface area contributed by atoms with E-state index in [4.69, 9.17) is 5.73 Å². The van der Waals surface area contributed by atoms with Gasteiger partial charge in [-0.15, -0.1) is 0 Å². The zero-order chi connectivity index (χ0) is 15.7. The van der Waals surface area contributed by atoms with Gasteiger partial charge in [0.15, 0.2) is 0 Å². The Bertz CT molecular complexity index is 389. The number of thiol groups is 1.